The molecule has 0 amide bonds. The van der Waals surface area contributed by atoms with Crippen molar-refractivity contribution in [3.8, 4) is 9.88 Å². The Morgan fingerprint density at radius 2 is 2.00 bits per heavy atom. The van der Waals surface area contributed by atoms with Crippen molar-refractivity contribution in [3.63, 3.8) is 0 Å². The van der Waals surface area contributed by atoms with E-state index in [2.05, 4.69) is 36.0 Å². The molecule has 0 aliphatic heterocycles. The average Bonchev–Trinajstić information content (AvgIpc) is 2.82. The average molecular weight is 254 g/mol. The van der Waals surface area contributed by atoms with E-state index in [1.54, 1.807) is 11.3 Å². The summed E-state index contributed by atoms with van der Waals surface area (Å²) in [6.45, 7) is 6.40. The predicted octanol–water partition coefficient (Wildman–Crippen LogP) is 2.93. The molecule has 0 aliphatic rings. The smallest absolute Gasteiger partial charge is 0.203 e. The zero-order chi connectivity index (χ0) is 11.7. The maximum Gasteiger partial charge on any atom is 0.203 e. The lowest BCUT2D eigenvalue weighted by Crippen LogP contribution is -1.87. The maximum atomic E-state index is 5.60. The van der Waals surface area contributed by atoms with Gasteiger partial charge in [-0.05, 0) is 6.42 Å². The normalized spacial score (nSPS) is 11.2. The zero-order valence-corrected chi connectivity index (χ0v) is 11.2. The van der Waals surface area contributed by atoms with Gasteiger partial charge in [0.05, 0.1) is 15.6 Å². The summed E-state index contributed by atoms with van der Waals surface area (Å²) in [6, 6.07) is 0. The van der Waals surface area contributed by atoms with Gasteiger partial charge in [-0.25, -0.2) is 4.98 Å². The Kier molecular flexibility index (Phi) is 3.20. The molecule has 16 heavy (non-hydrogen) atoms. The number of nitrogen functional groups attached to an aromatic ring is 1. The van der Waals surface area contributed by atoms with Crippen molar-refractivity contribution in [2.24, 2.45) is 0 Å². The number of rotatable bonds is 3. The summed E-state index contributed by atoms with van der Waals surface area (Å²) in [4.78, 5) is 5.76. The molecular formula is C10H14N4S2. The standard InChI is InChI=1S/C10H14N4S2/c1-4-6-7(9-13-14-10(11)16-9)15-8(12-6)5(2)3/h5H,4H2,1-3H3,(H2,11,14). The van der Waals surface area contributed by atoms with Gasteiger partial charge in [0.25, 0.3) is 0 Å². The first kappa shape index (κ1) is 11.5. The maximum absolute atomic E-state index is 5.60. The van der Waals surface area contributed by atoms with Gasteiger partial charge < -0.3 is 5.73 Å². The summed E-state index contributed by atoms with van der Waals surface area (Å²) >= 11 is 3.12. The second-order valence-electron chi connectivity index (χ2n) is 3.78. The summed E-state index contributed by atoms with van der Waals surface area (Å²) in [6.07, 6.45) is 0.915. The van der Waals surface area contributed by atoms with E-state index in [0.717, 1.165) is 27.0 Å². The van der Waals surface area contributed by atoms with Crippen LogP contribution < -0.4 is 5.73 Å². The highest BCUT2D eigenvalue weighted by atomic mass is 32.1. The Morgan fingerprint density at radius 3 is 2.50 bits per heavy atom. The molecule has 2 aromatic rings. The van der Waals surface area contributed by atoms with E-state index in [1.165, 1.54) is 11.3 Å². The molecule has 2 rings (SSSR count). The van der Waals surface area contributed by atoms with Crippen molar-refractivity contribution >= 4 is 27.8 Å². The first-order valence-corrected chi connectivity index (χ1v) is 6.84. The number of aromatic nitrogens is 3. The van der Waals surface area contributed by atoms with Crippen LogP contribution in [0.4, 0.5) is 5.13 Å². The lowest BCUT2D eigenvalue weighted by Gasteiger charge is -1.95. The number of hydrogen-bond donors (Lipinski definition) is 1. The molecular weight excluding hydrogens is 240 g/mol. The Hall–Kier alpha value is -1.01. The molecule has 2 heterocycles. The molecule has 0 radical (unpaired) electrons. The Morgan fingerprint density at radius 1 is 1.25 bits per heavy atom. The van der Waals surface area contributed by atoms with Gasteiger partial charge in [-0.15, -0.1) is 21.5 Å². The van der Waals surface area contributed by atoms with Gasteiger partial charge >= 0.3 is 0 Å². The van der Waals surface area contributed by atoms with Crippen molar-refractivity contribution in [3.05, 3.63) is 10.7 Å². The van der Waals surface area contributed by atoms with Crippen molar-refractivity contribution in [1.29, 1.82) is 0 Å². The first-order chi connectivity index (χ1) is 7.61. The number of aryl methyl sites for hydroxylation is 1. The fourth-order valence-electron chi connectivity index (χ4n) is 1.35. The topological polar surface area (TPSA) is 64.7 Å². The molecule has 0 atom stereocenters. The highest BCUT2D eigenvalue weighted by Gasteiger charge is 2.16. The minimum absolute atomic E-state index is 0.453. The van der Waals surface area contributed by atoms with Gasteiger partial charge in [0.15, 0.2) is 5.01 Å². The molecule has 2 aromatic heterocycles. The van der Waals surface area contributed by atoms with Gasteiger partial charge in [0.2, 0.25) is 5.13 Å². The predicted molar refractivity (Wildman–Crippen MR) is 68.9 cm³/mol. The molecule has 0 saturated heterocycles. The molecule has 0 aliphatic carbocycles. The Bertz CT molecular complexity index is 487. The van der Waals surface area contributed by atoms with Crippen LogP contribution in [0.1, 0.15) is 37.4 Å². The van der Waals surface area contributed by atoms with Crippen molar-refractivity contribution in [1.82, 2.24) is 15.2 Å². The van der Waals surface area contributed by atoms with Gasteiger partial charge in [-0.2, -0.15) is 0 Å². The van der Waals surface area contributed by atoms with E-state index in [9.17, 15) is 0 Å². The molecule has 86 valence electrons. The van der Waals surface area contributed by atoms with E-state index in [1.807, 2.05) is 0 Å². The van der Waals surface area contributed by atoms with Crippen LogP contribution in [0.2, 0.25) is 0 Å². The quantitative estimate of drug-likeness (QED) is 0.914. The Balaban J connectivity index is 2.47. The minimum atomic E-state index is 0.453. The summed E-state index contributed by atoms with van der Waals surface area (Å²) < 4.78 is 0. The summed E-state index contributed by atoms with van der Waals surface area (Å²) in [5.41, 5.74) is 6.70. The lowest BCUT2D eigenvalue weighted by atomic mass is 10.2. The second kappa shape index (κ2) is 4.47. The monoisotopic (exact) mass is 254 g/mol. The van der Waals surface area contributed by atoms with Crippen molar-refractivity contribution in [2.75, 3.05) is 5.73 Å². The van der Waals surface area contributed by atoms with Crippen LogP contribution >= 0.6 is 22.7 Å². The summed E-state index contributed by atoms with van der Waals surface area (Å²) in [7, 11) is 0. The van der Waals surface area contributed by atoms with E-state index in [0.29, 0.717) is 11.0 Å². The molecule has 0 fully saturated rings. The molecule has 0 aromatic carbocycles. The van der Waals surface area contributed by atoms with Crippen LogP contribution in [0.25, 0.3) is 9.88 Å². The van der Waals surface area contributed by atoms with E-state index in [-0.39, 0.29) is 0 Å². The third-order valence-electron chi connectivity index (χ3n) is 2.18. The van der Waals surface area contributed by atoms with E-state index in [4.69, 9.17) is 5.73 Å². The number of anilines is 1. The van der Waals surface area contributed by atoms with Crippen LogP contribution in [0.5, 0.6) is 0 Å². The third kappa shape index (κ3) is 2.08. The highest BCUT2D eigenvalue weighted by Crippen LogP contribution is 2.35. The Labute approximate surface area is 103 Å². The van der Waals surface area contributed by atoms with Gasteiger partial charge in [-0.1, -0.05) is 32.1 Å². The number of thiazole rings is 1. The largest absolute Gasteiger partial charge is 0.374 e. The number of nitrogens with zero attached hydrogens (tertiary/aromatic N) is 3. The minimum Gasteiger partial charge on any atom is -0.374 e. The van der Waals surface area contributed by atoms with Gasteiger partial charge in [-0.3, -0.25) is 0 Å². The SMILES string of the molecule is CCc1nc(C(C)C)sc1-c1nnc(N)s1. The molecule has 0 bridgehead atoms. The lowest BCUT2D eigenvalue weighted by molar-refractivity contribution is 0.840. The molecule has 0 unspecified atom stereocenters. The number of nitrogens with two attached hydrogens (primary N) is 1. The van der Waals surface area contributed by atoms with E-state index < -0.39 is 0 Å². The summed E-state index contributed by atoms with van der Waals surface area (Å²) in [5.74, 6) is 0.453. The molecule has 0 spiro atoms. The van der Waals surface area contributed by atoms with Crippen LogP contribution in [0, 0.1) is 0 Å². The third-order valence-corrected chi connectivity index (χ3v) is 4.48. The molecule has 2 N–H and O–H groups in total. The zero-order valence-electron chi connectivity index (χ0n) is 9.52. The van der Waals surface area contributed by atoms with E-state index >= 15 is 0 Å². The van der Waals surface area contributed by atoms with Crippen molar-refractivity contribution in [2.45, 2.75) is 33.1 Å². The second-order valence-corrected chi connectivity index (χ2v) is 5.82. The van der Waals surface area contributed by atoms with Crippen LogP contribution in [-0.2, 0) is 6.42 Å². The highest BCUT2D eigenvalue weighted by molar-refractivity contribution is 7.23. The fourth-order valence-corrected chi connectivity index (χ4v) is 3.21. The molecule has 4 nitrogen and oxygen atoms in total. The van der Waals surface area contributed by atoms with Crippen LogP contribution in [-0.4, -0.2) is 15.2 Å². The number of hydrogen-bond acceptors (Lipinski definition) is 6. The first-order valence-electron chi connectivity index (χ1n) is 5.20. The van der Waals surface area contributed by atoms with Crippen LogP contribution in [0.3, 0.4) is 0 Å². The fraction of sp³-hybridized carbons (Fsp3) is 0.500. The van der Waals surface area contributed by atoms with Crippen LogP contribution in [0.15, 0.2) is 0 Å². The van der Waals surface area contributed by atoms with Crippen molar-refractivity contribution < 1.29 is 0 Å². The molecule has 6 heteroatoms. The summed E-state index contributed by atoms with van der Waals surface area (Å²) in [5, 5.41) is 10.5. The molecule has 0 saturated carbocycles. The van der Waals surface area contributed by atoms with Gasteiger partial charge in [0.1, 0.15) is 0 Å². The van der Waals surface area contributed by atoms with Gasteiger partial charge in [0, 0.05) is 5.92 Å².